The lowest BCUT2D eigenvalue weighted by atomic mass is 10.1. The molecule has 0 aliphatic carbocycles. The van der Waals surface area contributed by atoms with Gasteiger partial charge in [0.25, 0.3) is 0 Å². The van der Waals surface area contributed by atoms with Crippen LogP contribution in [0.4, 0.5) is 5.82 Å². The Kier molecular flexibility index (Phi) is 3.77. The van der Waals surface area contributed by atoms with E-state index in [1.54, 1.807) is 20.0 Å². The van der Waals surface area contributed by atoms with Crippen LogP contribution in [0.25, 0.3) is 10.8 Å². The van der Waals surface area contributed by atoms with Crippen molar-refractivity contribution in [2.75, 3.05) is 11.9 Å². The number of aromatic nitrogens is 1. The largest absolute Gasteiger partial charge is 0.464 e. The number of nitrogens with zero attached hydrogens (tertiary/aromatic N) is 1. The third-order valence-electron chi connectivity index (χ3n) is 2.67. The number of pyridine rings is 1. The van der Waals surface area contributed by atoms with E-state index in [4.69, 9.17) is 4.74 Å². The molecule has 94 valence electrons. The van der Waals surface area contributed by atoms with E-state index in [-0.39, 0.29) is 5.97 Å². The second-order valence-corrected chi connectivity index (χ2v) is 4.00. The molecule has 1 aromatic carbocycles. The van der Waals surface area contributed by atoms with Crippen LogP contribution >= 0.6 is 0 Å². The summed E-state index contributed by atoms with van der Waals surface area (Å²) in [5, 5.41) is 5.17. The number of esters is 1. The zero-order chi connectivity index (χ0) is 13.0. The van der Waals surface area contributed by atoms with Gasteiger partial charge in [0.15, 0.2) is 0 Å². The predicted molar refractivity (Wildman–Crippen MR) is 71.5 cm³/mol. The molecule has 1 aromatic heterocycles. The van der Waals surface area contributed by atoms with E-state index in [1.165, 1.54) is 0 Å². The molecule has 0 spiro atoms. The summed E-state index contributed by atoms with van der Waals surface area (Å²) in [5.41, 5.74) is 0. The van der Waals surface area contributed by atoms with E-state index < -0.39 is 6.04 Å². The minimum atomic E-state index is -0.414. The van der Waals surface area contributed by atoms with E-state index >= 15 is 0 Å². The quantitative estimate of drug-likeness (QED) is 0.840. The summed E-state index contributed by atoms with van der Waals surface area (Å²) in [6.07, 6.45) is 1.72. The fourth-order valence-corrected chi connectivity index (χ4v) is 1.77. The topological polar surface area (TPSA) is 51.2 Å². The molecule has 1 unspecified atom stereocenters. The average Bonchev–Trinajstić information content (AvgIpc) is 2.39. The molecule has 0 fully saturated rings. The molecule has 4 heteroatoms. The van der Waals surface area contributed by atoms with Crippen LogP contribution in [0.1, 0.15) is 13.8 Å². The fraction of sp³-hybridized carbons (Fsp3) is 0.286. The van der Waals surface area contributed by atoms with Gasteiger partial charge in [0, 0.05) is 11.6 Å². The maximum absolute atomic E-state index is 11.6. The summed E-state index contributed by atoms with van der Waals surface area (Å²) in [7, 11) is 0. The number of fused-ring (bicyclic) bond motifs is 1. The van der Waals surface area contributed by atoms with Crippen molar-refractivity contribution in [2.24, 2.45) is 0 Å². The van der Waals surface area contributed by atoms with Crippen molar-refractivity contribution in [3.63, 3.8) is 0 Å². The van der Waals surface area contributed by atoms with Gasteiger partial charge in [-0.25, -0.2) is 9.78 Å². The summed E-state index contributed by atoms with van der Waals surface area (Å²) in [5.74, 6) is 0.431. The van der Waals surface area contributed by atoms with Gasteiger partial charge >= 0.3 is 5.97 Å². The molecule has 4 nitrogen and oxygen atoms in total. The standard InChI is InChI=1S/C14H16N2O2/c1-3-18-14(17)10(2)16-13-12-7-5-4-6-11(12)8-9-15-13/h4-10H,3H2,1-2H3,(H,15,16). The lowest BCUT2D eigenvalue weighted by molar-refractivity contribution is -0.143. The van der Waals surface area contributed by atoms with Gasteiger partial charge in [0.1, 0.15) is 11.9 Å². The molecule has 0 radical (unpaired) electrons. The number of nitrogens with one attached hydrogen (secondary N) is 1. The first-order chi connectivity index (χ1) is 8.72. The third kappa shape index (κ3) is 2.59. The van der Waals surface area contributed by atoms with Crippen molar-refractivity contribution in [3.8, 4) is 0 Å². The van der Waals surface area contributed by atoms with Crippen LogP contribution in [-0.4, -0.2) is 23.6 Å². The highest BCUT2D eigenvalue weighted by Gasteiger charge is 2.14. The van der Waals surface area contributed by atoms with Gasteiger partial charge in [-0.3, -0.25) is 0 Å². The summed E-state index contributed by atoms with van der Waals surface area (Å²) in [6.45, 7) is 3.94. The zero-order valence-electron chi connectivity index (χ0n) is 10.5. The highest BCUT2D eigenvalue weighted by molar-refractivity contribution is 5.93. The van der Waals surface area contributed by atoms with E-state index in [2.05, 4.69) is 10.3 Å². The first-order valence-electron chi connectivity index (χ1n) is 5.99. The van der Waals surface area contributed by atoms with Crippen LogP contribution in [0.15, 0.2) is 36.5 Å². The van der Waals surface area contributed by atoms with Gasteiger partial charge in [-0.05, 0) is 25.3 Å². The van der Waals surface area contributed by atoms with Gasteiger partial charge in [0.2, 0.25) is 0 Å². The number of benzene rings is 1. The molecule has 0 bridgehead atoms. The van der Waals surface area contributed by atoms with Crippen LogP contribution < -0.4 is 5.32 Å². The zero-order valence-corrected chi connectivity index (χ0v) is 10.5. The van der Waals surface area contributed by atoms with Crippen molar-refractivity contribution < 1.29 is 9.53 Å². The SMILES string of the molecule is CCOC(=O)C(C)Nc1nccc2ccccc12. The second kappa shape index (κ2) is 5.49. The van der Waals surface area contributed by atoms with Crippen LogP contribution in [-0.2, 0) is 9.53 Å². The molecule has 0 saturated carbocycles. The molecule has 1 heterocycles. The van der Waals surface area contributed by atoms with Crippen molar-refractivity contribution in [1.29, 1.82) is 0 Å². The number of hydrogen-bond donors (Lipinski definition) is 1. The predicted octanol–water partition coefficient (Wildman–Crippen LogP) is 2.60. The van der Waals surface area contributed by atoms with E-state index in [0.29, 0.717) is 12.4 Å². The number of carbonyl (C=O) groups is 1. The summed E-state index contributed by atoms with van der Waals surface area (Å²) in [4.78, 5) is 15.8. The number of ether oxygens (including phenoxy) is 1. The Bertz CT molecular complexity index is 549. The Morgan fingerprint density at radius 1 is 1.39 bits per heavy atom. The van der Waals surface area contributed by atoms with Gasteiger partial charge in [-0.2, -0.15) is 0 Å². The van der Waals surface area contributed by atoms with Crippen LogP contribution in [0.2, 0.25) is 0 Å². The van der Waals surface area contributed by atoms with Crippen molar-refractivity contribution in [1.82, 2.24) is 4.98 Å². The summed E-state index contributed by atoms with van der Waals surface area (Å²) < 4.78 is 4.96. The van der Waals surface area contributed by atoms with Crippen molar-refractivity contribution >= 4 is 22.6 Å². The normalized spacial score (nSPS) is 12.1. The third-order valence-corrected chi connectivity index (χ3v) is 2.67. The van der Waals surface area contributed by atoms with Gasteiger partial charge in [-0.1, -0.05) is 24.3 Å². The molecule has 0 aliphatic rings. The monoisotopic (exact) mass is 244 g/mol. The molecular formula is C14H16N2O2. The van der Waals surface area contributed by atoms with Crippen molar-refractivity contribution in [3.05, 3.63) is 36.5 Å². The Labute approximate surface area is 106 Å². The van der Waals surface area contributed by atoms with Crippen LogP contribution in [0.3, 0.4) is 0 Å². The fourth-order valence-electron chi connectivity index (χ4n) is 1.77. The van der Waals surface area contributed by atoms with Crippen molar-refractivity contribution in [2.45, 2.75) is 19.9 Å². The van der Waals surface area contributed by atoms with E-state index in [1.807, 2.05) is 30.3 Å². The van der Waals surface area contributed by atoms with Gasteiger partial charge < -0.3 is 10.1 Å². The highest BCUT2D eigenvalue weighted by Crippen LogP contribution is 2.20. The number of hydrogen-bond acceptors (Lipinski definition) is 4. The minimum absolute atomic E-state index is 0.271. The molecule has 18 heavy (non-hydrogen) atoms. The Morgan fingerprint density at radius 2 is 2.17 bits per heavy atom. The maximum atomic E-state index is 11.6. The summed E-state index contributed by atoms with van der Waals surface area (Å²) in [6, 6.07) is 9.43. The van der Waals surface area contributed by atoms with Gasteiger partial charge in [0.05, 0.1) is 6.61 Å². The molecular weight excluding hydrogens is 228 g/mol. The maximum Gasteiger partial charge on any atom is 0.328 e. The first-order valence-corrected chi connectivity index (χ1v) is 5.99. The average molecular weight is 244 g/mol. The number of carbonyl (C=O) groups excluding carboxylic acids is 1. The van der Waals surface area contributed by atoms with Crippen LogP contribution in [0.5, 0.6) is 0 Å². The molecule has 0 aliphatic heterocycles. The molecule has 2 aromatic rings. The molecule has 0 amide bonds. The molecule has 0 saturated heterocycles. The molecule has 2 rings (SSSR count). The first kappa shape index (κ1) is 12.4. The summed E-state index contributed by atoms with van der Waals surface area (Å²) >= 11 is 0. The van der Waals surface area contributed by atoms with Gasteiger partial charge in [-0.15, -0.1) is 0 Å². The van der Waals surface area contributed by atoms with E-state index in [9.17, 15) is 4.79 Å². The smallest absolute Gasteiger partial charge is 0.328 e. The lowest BCUT2D eigenvalue weighted by Crippen LogP contribution is -2.28. The highest BCUT2D eigenvalue weighted by atomic mass is 16.5. The Balaban J connectivity index is 2.24. The van der Waals surface area contributed by atoms with Crippen LogP contribution in [0, 0.1) is 0 Å². The molecule has 1 atom stereocenters. The number of rotatable bonds is 4. The minimum Gasteiger partial charge on any atom is -0.464 e. The Hall–Kier alpha value is -2.10. The number of anilines is 1. The van der Waals surface area contributed by atoms with E-state index in [0.717, 1.165) is 10.8 Å². The Morgan fingerprint density at radius 3 is 2.94 bits per heavy atom. The second-order valence-electron chi connectivity index (χ2n) is 4.00. The lowest BCUT2D eigenvalue weighted by Gasteiger charge is -2.14. The molecule has 1 N–H and O–H groups in total.